The number of hydrogen-bond donors (Lipinski definition) is 0. The van der Waals surface area contributed by atoms with Crippen LogP contribution in [0.25, 0.3) is 44.5 Å². The Morgan fingerprint density at radius 1 is 0.639 bits per heavy atom. The minimum Gasteiger partial charge on any atom is -0.0990 e. The van der Waals surface area contributed by atoms with Crippen LogP contribution in [0.1, 0.15) is 36.1 Å². The zero-order valence-electron chi connectivity index (χ0n) is 21.8. The first kappa shape index (κ1) is 24.9. The summed E-state index contributed by atoms with van der Waals surface area (Å²) in [7, 11) is 0. The number of allylic oxidation sites excluding steroid dienone is 6. The van der Waals surface area contributed by atoms with E-state index in [0.29, 0.717) is 0 Å². The third-order valence-electron chi connectivity index (χ3n) is 6.82. The standard InChI is InChI=1S/C36H34/c1-7-14-28(9-3)31-21-34(24-35(23-31)36-26(5)15-13-16-27(36)6)33-20-30(25(4)8-2)19-32(22-33)29-17-11-10-12-18-29/h7-24H,1,3H2,2,4-6H3. The van der Waals surface area contributed by atoms with Gasteiger partial charge in [0.15, 0.2) is 0 Å². The Kier molecular flexibility index (Phi) is 7.66. The molecule has 0 aliphatic carbocycles. The monoisotopic (exact) mass is 466 g/mol. The van der Waals surface area contributed by atoms with Crippen LogP contribution >= 0.6 is 0 Å². The highest BCUT2D eigenvalue weighted by Crippen LogP contribution is 2.37. The predicted octanol–water partition coefficient (Wildman–Crippen LogP) is 10.5. The van der Waals surface area contributed by atoms with E-state index in [0.717, 1.165) is 11.1 Å². The smallest absolute Gasteiger partial charge is 0.0125 e. The van der Waals surface area contributed by atoms with E-state index in [-0.39, 0.29) is 0 Å². The van der Waals surface area contributed by atoms with Gasteiger partial charge in [0.1, 0.15) is 0 Å². The maximum absolute atomic E-state index is 4.07. The van der Waals surface area contributed by atoms with E-state index in [2.05, 4.69) is 132 Å². The Labute approximate surface area is 216 Å². The van der Waals surface area contributed by atoms with Crippen molar-refractivity contribution in [3.05, 3.63) is 145 Å². The van der Waals surface area contributed by atoms with Gasteiger partial charge in [-0.05, 0) is 131 Å². The lowest BCUT2D eigenvalue weighted by Gasteiger charge is -2.16. The first-order valence-corrected chi connectivity index (χ1v) is 12.5. The Hall–Kier alpha value is -4.16. The maximum atomic E-state index is 4.07. The SMILES string of the molecule is C=CC=C(C=C)c1cc(-c2cc(C(C)=CC)cc(-c3ccccc3)c2)cc(-c2c(C)cccc2C)c1. The Morgan fingerprint density at radius 3 is 1.78 bits per heavy atom. The normalized spacial score (nSPS) is 11.9. The van der Waals surface area contributed by atoms with Crippen molar-refractivity contribution in [3.63, 3.8) is 0 Å². The van der Waals surface area contributed by atoms with Crippen LogP contribution in [0, 0.1) is 13.8 Å². The molecule has 4 aromatic carbocycles. The summed E-state index contributed by atoms with van der Waals surface area (Å²) in [6, 6.07) is 30.9. The van der Waals surface area contributed by atoms with Gasteiger partial charge in [-0.3, -0.25) is 0 Å². The second kappa shape index (κ2) is 11.1. The molecule has 0 heteroatoms. The van der Waals surface area contributed by atoms with Gasteiger partial charge in [0.25, 0.3) is 0 Å². The van der Waals surface area contributed by atoms with E-state index in [1.165, 1.54) is 55.6 Å². The molecule has 0 heterocycles. The first-order chi connectivity index (χ1) is 17.4. The summed E-state index contributed by atoms with van der Waals surface area (Å²) in [6.07, 6.45) is 7.93. The highest BCUT2D eigenvalue weighted by atomic mass is 14.2. The summed E-state index contributed by atoms with van der Waals surface area (Å²) in [5.41, 5.74) is 14.5. The fourth-order valence-corrected chi connectivity index (χ4v) is 4.77. The van der Waals surface area contributed by atoms with Crippen molar-refractivity contribution in [1.82, 2.24) is 0 Å². The van der Waals surface area contributed by atoms with E-state index in [1.807, 2.05) is 18.2 Å². The lowest BCUT2D eigenvalue weighted by molar-refractivity contribution is 1.37. The van der Waals surface area contributed by atoms with E-state index in [9.17, 15) is 0 Å². The zero-order valence-corrected chi connectivity index (χ0v) is 21.8. The van der Waals surface area contributed by atoms with Gasteiger partial charge in [0, 0.05) is 0 Å². The fourth-order valence-electron chi connectivity index (χ4n) is 4.77. The minimum absolute atomic E-state index is 1.06. The molecular weight excluding hydrogens is 432 g/mol. The van der Waals surface area contributed by atoms with Crippen molar-refractivity contribution in [2.24, 2.45) is 0 Å². The van der Waals surface area contributed by atoms with E-state index < -0.39 is 0 Å². The van der Waals surface area contributed by atoms with Gasteiger partial charge in [-0.1, -0.05) is 86.0 Å². The fraction of sp³-hybridized carbons (Fsp3) is 0.111. The van der Waals surface area contributed by atoms with Gasteiger partial charge in [-0.25, -0.2) is 0 Å². The van der Waals surface area contributed by atoms with Crippen molar-refractivity contribution >= 4 is 11.1 Å². The Balaban J connectivity index is 2.03. The molecule has 0 atom stereocenters. The van der Waals surface area contributed by atoms with Gasteiger partial charge >= 0.3 is 0 Å². The molecule has 0 N–H and O–H groups in total. The Morgan fingerprint density at radius 2 is 1.19 bits per heavy atom. The minimum atomic E-state index is 1.06. The first-order valence-electron chi connectivity index (χ1n) is 12.5. The van der Waals surface area contributed by atoms with Crippen LogP contribution < -0.4 is 0 Å². The second-order valence-electron chi connectivity index (χ2n) is 9.26. The maximum Gasteiger partial charge on any atom is -0.0125 e. The lowest BCUT2D eigenvalue weighted by atomic mass is 9.88. The van der Waals surface area contributed by atoms with Crippen molar-refractivity contribution in [2.45, 2.75) is 27.7 Å². The molecule has 0 fully saturated rings. The summed E-state index contributed by atoms with van der Waals surface area (Å²) < 4.78 is 0. The van der Waals surface area contributed by atoms with E-state index >= 15 is 0 Å². The van der Waals surface area contributed by atoms with Gasteiger partial charge in [-0.2, -0.15) is 0 Å². The van der Waals surface area contributed by atoms with Gasteiger partial charge in [0.2, 0.25) is 0 Å². The van der Waals surface area contributed by atoms with Crippen LogP contribution in [-0.2, 0) is 0 Å². The summed E-state index contributed by atoms with van der Waals surface area (Å²) in [6.45, 7) is 16.6. The average molecular weight is 467 g/mol. The molecule has 0 radical (unpaired) electrons. The van der Waals surface area contributed by atoms with Crippen LogP contribution in [0.3, 0.4) is 0 Å². The van der Waals surface area contributed by atoms with Crippen LogP contribution in [0.2, 0.25) is 0 Å². The number of aryl methyl sites for hydroxylation is 2. The molecule has 0 aliphatic rings. The molecule has 4 aromatic rings. The van der Waals surface area contributed by atoms with Crippen molar-refractivity contribution < 1.29 is 0 Å². The molecule has 36 heavy (non-hydrogen) atoms. The van der Waals surface area contributed by atoms with Crippen LogP contribution in [-0.4, -0.2) is 0 Å². The quantitative estimate of drug-likeness (QED) is 0.238. The topological polar surface area (TPSA) is 0 Å². The van der Waals surface area contributed by atoms with Crippen LogP contribution in [0.4, 0.5) is 0 Å². The second-order valence-corrected chi connectivity index (χ2v) is 9.26. The average Bonchev–Trinajstić information content (AvgIpc) is 2.91. The molecule has 0 unspecified atom stereocenters. The van der Waals surface area contributed by atoms with Gasteiger partial charge in [0.05, 0.1) is 0 Å². The highest BCUT2D eigenvalue weighted by molar-refractivity contribution is 5.87. The van der Waals surface area contributed by atoms with Crippen molar-refractivity contribution in [1.29, 1.82) is 0 Å². The van der Waals surface area contributed by atoms with Crippen LogP contribution in [0.15, 0.2) is 122 Å². The number of rotatable bonds is 7. The summed E-state index contributed by atoms with van der Waals surface area (Å²) in [4.78, 5) is 0. The predicted molar refractivity (Wildman–Crippen MR) is 160 cm³/mol. The van der Waals surface area contributed by atoms with E-state index in [4.69, 9.17) is 0 Å². The summed E-state index contributed by atoms with van der Waals surface area (Å²) in [5.74, 6) is 0. The van der Waals surface area contributed by atoms with Crippen molar-refractivity contribution in [3.8, 4) is 33.4 Å². The molecule has 0 bridgehead atoms. The molecule has 0 saturated carbocycles. The molecule has 0 amide bonds. The van der Waals surface area contributed by atoms with Crippen molar-refractivity contribution in [2.75, 3.05) is 0 Å². The Bertz CT molecular complexity index is 1460. The molecule has 0 spiro atoms. The zero-order chi connectivity index (χ0) is 25.7. The molecule has 0 nitrogen and oxygen atoms in total. The van der Waals surface area contributed by atoms with E-state index in [1.54, 1.807) is 0 Å². The lowest BCUT2D eigenvalue weighted by Crippen LogP contribution is -1.93. The number of benzene rings is 4. The summed E-state index contributed by atoms with van der Waals surface area (Å²) in [5, 5.41) is 0. The largest absolute Gasteiger partial charge is 0.0990 e. The third kappa shape index (κ3) is 5.24. The van der Waals surface area contributed by atoms with Crippen LogP contribution in [0.5, 0.6) is 0 Å². The molecular formula is C36H34. The third-order valence-corrected chi connectivity index (χ3v) is 6.82. The summed E-state index contributed by atoms with van der Waals surface area (Å²) >= 11 is 0. The molecule has 0 saturated heterocycles. The number of hydrogen-bond acceptors (Lipinski definition) is 0. The molecule has 178 valence electrons. The highest BCUT2D eigenvalue weighted by Gasteiger charge is 2.13. The van der Waals surface area contributed by atoms with Gasteiger partial charge in [-0.15, -0.1) is 0 Å². The molecule has 4 rings (SSSR count). The molecule has 0 aliphatic heterocycles. The molecule has 0 aromatic heterocycles. The van der Waals surface area contributed by atoms with Gasteiger partial charge < -0.3 is 0 Å².